The summed E-state index contributed by atoms with van der Waals surface area (Å²) in [7, 11) is 3.59. The maximum absolute atomic E-state index is 12.9. The van der Waals surface area contributed by atoms with E-state index in [9.17, 15) is 9.59 Å². The zero-order valence-corrected chi connectivity index (χ0v) is 14.4. The average Bonchev–Trinajstić information content (AvgIpc) is 2.74. The molecule has 8 nitrogen and oxygen atoms in total. The molecule has 3 rings (SSSR count). The van der Waals surface area contributed by atoms with Crippen molar-refractivity contribution in [2.24, 2.45) is 11.3 Å². The predicted molar refractivity (Wildman–Crippen MR) is 88.8 cm³/mol. The zero-order valence-electron chi connectivity index (χ0n) is 14.4. The molecule has 0 atom stereocenters. The first-order valence-corrected chi connectivity index (χ1v) is 8.33. The van der Waals surface area contributed by atoms with Crippen LogP contribution < -0.4 is 10.6 Å². The summed E-state index contributed by atoms with van der Waals surface area (Å²) in [6, 6.07) is 0. The minimum absolute atomic E-state index is 0.0581. The summed E-state index contributed by atoms with van der Waals surface area (Å²) in [5.74, 6) is 1.25. The van der Waals surface area contributed by atoms with Crippen molar-refractivity contribution in [3.63, 3.8) is 0 Å². The summed E-state index contributed by atoms with van der Waals surface area (Å²) in [6.45, 7) is 2.25. The lowest BCUT2D eigenvalue weighted by Crippen LogP contribution is -2.38. The fraction of sp³-hybridized carbons (Fsp3) is 0.688. The van der Waals surface area contributed by atoms with E-state index in [2.05, 4.69) is 21.9 Å². The number of anilines is 2. The number of nitrogen functional groups attached to an aromatic ring is 1. The normalized spacial score (nSPS) is 27.1. The number of hydrogen-bond donors (Lipinski definition) is 1. The van der Waals surface area contributed by atoms with Crippen molar-refractivity contribution in [3.8, 4) is 0 Å². The van der Waals surface area contributed by atoms with Gasteiger partial charge in [0.15, 0.2) is 5.82 Å². The summed E-state index contributed by atoms with van der Waals surface area (Å²) in [4.78, 5) is 40.7. The fourth-order valence-corrected chi connectivity index (χ4v) is 3.56. The minimum atomic E-state index is -0.507. The average molecular weight is 332 g/mol. The molecule has 1 spiro atoms. The molecule has 130 valence electrons. The van der Waals surface area contributed by atoms with Crippen LogP contribution in [0.25, 0.3) is 0 Å². The Balaban J connectivity index is 1.81. The van der Waals surface area contributed by atoms with Gasteiger partial charge in [-0.05, 0) is 31.6 Å². The number of nitrogens with zero attached hydrogens (tertiary/aromatic N) is 5. The first-order valence-electron chi connectivity index (χ1n) is 8.33. The molecule has 1 saturated carbocycles. The number of aromatic nitrogens is 3. The lowest BCUT2D eigenvalue weighted by molar-refractivity contribution is -0.143. The maximum atomic E-state index is 12.9. The molecule has 2 heterocycles. The highest BCUT2D eigenvalue weighted by Crippen LogP contribution is 2.47. The van der Waals surface area contributed by atoms with Crippen molar-refractivity contribution in [3.05, 3.63) is 5.82 Å². The van der Waals surface area contributed by atoms with Gasteiger partial charge in [-0.15, -0.1) is 0 Å². The van der Waals surface area contributed by atoms with Gasteiger partial charge in [-0.1, -0.05) is 6.92 Å². The molecule has 1 aliphatic carbocycles. The van der Waals surface area contributed by atoms with Crippen molar-refractivity contribution < 1.29 is 9.59 Å². The third-order valence-corrected chi connectivity index (χ3v) is 5.11. The number of rotatable bonds is 3. The van der Waals surface area contributed by atoms with Gasteiger partial charge < -0.3 is 10.6 Å². The van der Waals surface area contributed by atoms with E-state index in [0.717, 1.165) is 25.7 Å². The highest BCUT2D eigenvalue weighted by Gasteiger charge is 2.52. The molecule has 2 amide bonds. The first-order chi connectivity index (χ1) is 11.3. The van der Waals surface area contributed by atoms with Crippen molar-refractivity contribution in [2.45, 2.75) is 45.6 Å². The smallest absolute Gasteiger partial charge is 0.236 e. The van der Waals surface area contributed by atoms with Crippen LogP contribution in [0, 0.1) is 11.3 Å². The van der Waals surface area contributed by atoms with Crippen LogP contribution in [0.2, 0.25) is 0 Å². The molecule has 2 N–H and O–H groups in total. The Labute approximate surface area is 141 Å². The standard InChI is InChI=1S/C16H24N6O2/c1-10-4-6-16(7-5-10)8-12(23)22(13(16)24)9-11-18-14(17)20-15(19-11)21(2)3/h10H,4-9H2,1-3H3,(H2,17,18,19,20). The van der Waals surface area contributed by atoms with Crippen LogP contribution in [0.1, 0.15) is 44.9 Å². The Morgan fingerprint density at radius 3 is 2.50 bits per heavy atom. The monoisotopic (exact) mass is 332 g/mol. The van der Waals surface area contributed by atoms with Crippen molar-refractivity contribution in [1.82, 2.24) is 19.9 Å². The Hall–Kier alpha value is -2.25. The predicted octanol–water partition coefficient (Wildman–Crippen LogP) is 0.975. The highest BCUT2D eigenvalue weighted by atomic mass is 16.2. The van der Waals surface area contributed by atoms with Gasteiger partial charge in [0, 0.05) is 20.5 Å². The van der Waals surface area contributed by atoms with E-state index < -0.39 is 5.41 Å². The molecule has 1 aromatic heterocycles. The maximum Gasteiger partial charge on any atom is 0.236 e. The van der Waals surface area contributed by atoms with E-state index in [1.807, 2.05) is 0 Å². The van der Waals surface area contributed by atoms with Gasteiger partial charge in [0.2, 0.25) is 23.7 Å². The van der Waals surface area contributed by atoms with Gasteiger partial charge in [0.25, 0.3) is 0 Å². The molecule has 0 radical (unpaired) electrons. The van der Waals surface area contributed by atoms with Crippen molar-refractivity contribution in [1.29, 1.82) is 0 Å². The van der Waals surface area contributed by atoms with Gasteiger partial charge in [-0.2, -0.15) is 15.0 Å². The number of carbonyl (C=O) groups excluding carboxylic acids is 2. The quantitative estimate of drug-likeness (QED) is 0.822. The van der Waals surface area contributed by atoms with Crippen molar-refractivity contribution in [2.75, 3.05) is 24.7 Å². The zero-order chi connectivity index (χ0) is 17.5. The largest absolute Gasteiger partial charge is 0.368 e. The van der Waals surface area contributed by atoms with E-state index >= 15 is 0 Å². The second-order valence-electron chi connectivity index (χ2n) is 7.23. The van der Waals surface area contributed by atoms with E-state index in [1.54, 1.807) is 19.0 Å². The van der Waals surface area contributed by atoms with Crippen molar-refractivity contribution >= 4 is 23.7 Å². The summed E-state index contributed by atoms with van der Waals surface area (Å²) in [5, 5.41) is 0. The number of carbonyl (C=O) groups is 2. The van der Waals surface area contributed by atoms with Gasteiger partial charge in [0.1, 0.15) is 0 Å². The third kappa shape index (κ3) is 2.92. The van der Waals surface area contributed by atoms with Crippen LogP contribution >= 0.6 is 0 Å². The Kier molecular flexibility index (Phi) is 4.15. The highest BCUT2D eigenvalue weighted by molar-refractivity contribution is 6.05. The molecule has 24 heavy (non-hydrogen) atoms. The lowest BCUT2D eigenvalue weighted by atomic mass is 9.70. The molecule has 2 fully saturated rings. The van der Waals surface area contributed by atoms with E-state index in [1.165, 1.54) is 4.90 Å². The second-order valence-corrected chi connectivity index (χ2v) is 7.23. The molecule has 2 aliphatic rings. The summed E-state index contributed by atoms with van der Waals surface area (Å²) < 4.78 is 0. The Morgan fingerprint density at radius 1 is 1.21 bits per heavy atom. The van der Waals surface area contributed by atoms with Gasteiger partial charge in [-0.3, -0.25) is 14.5 Å². The number of hydrogen-bond acceptors (Lipinski definition) is 7. The van der Waals surface area contributed by atoms with Crippen LogP contribution in [-0.2, 0) is 16.1 Å². The van der Waals surface area contributed by atoms with E-state index in [4.69, 9.17) is 5.73 Å². The Bertz CT molecular complexity index is 667. The van der Waals surface area contributed by atoms with Crippen LogP contribution in [-0.4, -0.2) is 45.8 Å². The summed E-state index contributed by atoms with van der Waals surface area (Å²) in [6.07, 6.45) is 3.88. The third-order valence-electron chi connectivity index (χ3n) is 5.11. The molecule has 0 unspecified atom stereocenters. The molecular weight excluding hydrogens is 308 g/mol. The number of imide groups is 1. The summed E-state index contributed by atoms with van der Waals surface area (Å²) >= 11 is 0. The van der Waals surface area contributed by atoms with Gasteiger partial charge in [0.05, 0.1) is 12.0 Å². The number of nitrogens with two attached hydrogens (primary N) is 1. The van der Waals surface area contributed by atoms with Crippen LogP contribution in [0.3, 0.4) is 0 Å². The summed E-state index contributed by atoms with van der Waals surface area (Å²) in [5.41, 5.74) is 5.21. The second kappa shape index (κ2) is 5.99. The van der Waals surface area contributed by atoms with Crippen LogP contribution in [0.15, 0.2) is 0 Å². The first kappa shape index (κ1) is 16.6. The molecular formula is C16H24N6O2. The molecule has 1 saturated heterocycles. The molecule has 1 aliphatic heterocycles. The minimum Gasteiger partial charge on any atom is -0.368 e. The fourth-order valence-electron chi connectivity index (χ4n) is 3.56. The molecule has 0 aromatic carbocycles. The van der Waals surface area contributed by atoms with Crippen LogP contribution in [0.4, 0.5) is 11.9 Å². The van der Waals surface area contributed by atoms with E-state index in [0.29, 0.717) is 24.1 Å². The molecule has 1 aromatic rings. The van der Waals surface area contributed by atoms with Crippen LogP contribution in [0.5, 0.6) is 0 Å². The molecule has 8 heteroatoms. The molecule has 0 bridgehead atoms. The lowest BCUT2D eigenvalue weighted by Gasteiger charge is -2.33. The topological polar surface area (TPSA) is 105 Å². The number of amides is 2. The Morgan fingerprint density at radius 2 is 1.88 bits per heavy atom. The SMILES string of the molecule is CC1CCC2(CC1)CC(=O)N(Cc1nc(N)nc(N(C)C)n1)C2=O. The van der Waals surface area contributed by atoms with Gasteiger partial charge >= 0.3 is 0 Å². The number of likely N-dealkylation sites (tertiary alicyclic amines) is 1. The van der Waals surface area contributed by atoms with Gasteiger partial charge in [-0.25, -0.2) is 0 Å². The van der Waals surface area contributed by atoms with E-state index in [-0.39, 0.29) is 24.3 Å².